The molecule has 6 nitrogen and oxygen atoms in total. The topological polar surface area (TPSA) is 81.9 Å². The molecule has 0 spiro atoms. The van der Waals surface area contributed by atoms with E-state index in [1.807, 2.05) is 19.1 Å². The van der Waals surface area contributed by atoms with Gasteiger partial charge in [-0.05, 0) is 31.4 Å². The summed E-state index contributed by atoms with van der Waals surface area (Å²) in [7, 11) is 0. The number of benzene rings is 1. The van der Waals surface area contributed by atoms with Gasteiger partial charge in [-0.3, -0.25) is 9.69 Å². The van der Waals surface area contributed by atoms with Gasteiger partial charge >= 0.3 is 0 Å². The molecule has 0 aliphatic carbocycles. The number of carbonyl (C=O) groups excluding carboxylic acids is 1. The van der Waals surface area contributed by atoms with Gasteiger partial charge in [-0.1, -0.05) is 36.8 Å². The van der Waals surface area contributed by atoms with Crippen LogP contribution in [0.15, 0.2) is 36.5 Å². The molecule has 2 heterocycles. The van der Waals surface area contributed by atoms with Crippen LogP contribution >= 0.6 is 0 Å². The summed E-state index contributed by atoms with van der Waals surface area (Å²) < 4.78 is 0. The van der Waals surface area contributed by atoms with Crippen LogP contribution in [0.3, 0.4) is 0 Å². The zero-order valence-corrected chi connectivity index (χ0v) is 14.5. The highest BCUT2D eigenvalue weighted by molar-refractivity contribution is 6.01. The largest absolute Gasteiger partial charge is 0.350 e. The van der Waals surface area contributed by atoms with Crippen molar-refractivity contribution in [1.29, 1.82) is 5.26 Å². The van der Waals surface area contributed by atoms with Crippen LogP contribution in [0.25, 0.3) is 0 Å². The predicted octanol–water partition coefficient (Wildman–Crippen LogP) is 3.05. The van der Waals surface area contributed by atoms with Gasteiger partial charge < -0.3 is 5.32 Å². The number of amides is 1. The second-order valence-electron chi connectivity index (χ2n) is 6.34. The SMILES string of the molecule is CCC1(C#N)CCN(c2ccnc(NCc3cccc(C)c3)n2)C1=O. The molecule has 1 aromatic carbocycles. The first-order valence-corrected chi connectivity index (χ1v) is 8.43. The Labute approximate surface area is 147 Å². The lowest BCUT2D eigenvalue weighted by atomic mass is 9.85. The van der Waals surface area contributed by atoms with Crippen molar-refractivity contribution in [3.05, 3.63) is 47.7 Å². The number of hydrogen-bond acceptors (Lipinski definition) is 5. The molecular formula is C19H21N5O. The lowest BCUT2D eigenvalue weighted by Gasteiger charge is -2.19. The van der Waals surface area contributed by atoms with E-state index >= 15 is 0 Å². The maximum Gasteiger partial charge on any atom is 0.248 e. The smallest absolute Gasteiger partial charge is 0.248 e. The second kappa shape index (κ2) is 6.89. The van der Waals surface area contributed by atoms with Gasteiger partial charge in [-0.25, -0.2) is 4.98 Å². The number of aromatic nitrogens is 2. The molecule has 0 saturated carbocycles. The molecule has 1 unspecified atom stereocenters. The summed E-state index contributed by atoms with van der Waals surface area (Å²) >= 11 is 0. The van der Waals surface area contributed by atoms with Gasteiger partial charge in [0.1, 0.15) is 11.2 Å². The molecule has 1 fully saturated rings. The summed E-state index contributed by atoms with van der Waals surface area (Å²) in [5.41, 5.74) is 1.42. The van der Waals surface area contributed by atoms with E-state index in [2.05, 4.69) is 40.4 Å². The standard InChI is InChI=1S/C19H21N5O/c1-3-19(13-20)8-10-24(17(19)25)16-7-9-21-18(23-16)22-12-15-6-4-5-14(2)11-15/h4-7,9,11H,3,8,10,12H2,1-2H3,(H,21,22,23). The summed E-state index contributed by atoms with van der Waals surface area (Å²) in [6.07, 6.45) is 2.68. The minimum Gasteiger partial charge on any atom is -0.350 e. The van der Waals surface area contributed by atoms with Crippen LogP contribution in [0.5, 0.6) is 0 Å². The van der Waals surface area contributed by atoms with E-state index in [1.165, 1.54) is 5.56 Å². The third-order valence-electron chi connectivity index (χ3n) is 4.68. The first-order valence-electron chi connectivity index (χ1n) is 8.43. The Balaban J connectivity index is 1.74. The highest BCUT2D eigenvalue weighted by atomic mass is 16.2. The predicted molar refractivity (Wildman–Crippen MR) is 95.8 cm³/mol. The summed E-state index contributed by atoms with van der Waals surface area (Å²) in [6.45, 7) is 5.04. The summed E-state index contributed by atoms with van der Waals surface area (Å²) in [4.78, 5) is 22.9. The first kappa shape index (κ1) is 16.9. The Bertz CT molecular complexity index is 829. The molecule has 1 aliphatic rings. The number of aryl methyl sites for hydroxylation is 1. The van der Waals surface area contributed by atoms with Crippen LogP contribution in [-0.4, -0.2) is 22.4 Å². The maximum absolute atomic E-state index is 12.6. The van der Waals surface area contributed by atoms with Gasteiger partial charge in [0, 0.05) is 19.3 Å². The number of nitrogens with one attached hydrogen (secondary N) is 1. The molecule has 1 aliphatic heterocycles. The molecule has 1 atom stereocenters. The van der Waals surface area contributed by atoms with Gasteiger partial charge in [0.25, 0.3) is 0 Å². The molecule has 1 saturated heterocycles. The van der Waals surface area contributed by atoms with E-state index in [1.54, 1.807) is 17.2 Å². The molecule has 1 N–H and O–H groups in total. The van der Waals surface area contributed by atoms with Crippen molar-refractivity contribution >= 4 is 17.7 Å². The molecule has 0 bridgehead atoms. The highest BCUT2D eigenvalue weighted by Gasteiger charge is 2.46. The Kier molecular flexibility index (Phi) is 4.66. The average Bonchev–Trinajstić information content (AvgIpc) is 2.97. The number of hydrogen-bond donors (Lipinski definition) is 1. The molecule has 6 heteroatoms. The number of carbonyl (C=O) groups is 1. The normalized spacial score (nSPS) is 19.7. The second-order valence-corrected chi connectivity index (χ2v) is 6.34. The number of nitrogens with zero attached hydrogens (tertiary/aromatic N) is 4. The van der Waals surface area contributed by atoms with E-state index in [-0.39, 0.29) is 5.91 Å². The molecule has 2 aromatic rings. The number of rotatable bonds is 5. The van der Waals surface area contributed by atoms with Crippen molar-refractivity contribution in [2.45, 2.75) is 33.2 Å². The molecular weight excluding hydrogens is 314 g/mol. The van der Waals surface area contributed by atoms with E-state index in [0.29, 0.717) is 37.7 Å². The third kappa shape index (κ3) is 3.31. The van der Waals surface area contributed by atoms with Crippen LogP contribution in [0, 0.1) is 23.7 Å². The zero-order valence-electron chi connectivity index (χ0n) is 14.5. The summed E-state index contributed by atoms with van der Waals surface area (Å²) in [6, 6.07) is 12.1. The average molecular weight is 335 g/mol. The van der Waals surface area contributed by atoms with Crippen LogP contribution in [0.4, 0.5) is 11.8 Å². The maximum atomic E-state index is 12.6. The van der Waals surface area contributed by atoms with E-state index in [0.717, 1.165) is 5.56 Å². The summed E-state index contributed by atoms with van der Waals surface area (Å²) in [5, 5.41) is 12.6. The van der Waals surface area contributed by atoms with Crippen LogP contribution in [0.1, 0.15) is 30.9 Å². The monoisotopic (exact) mass is 335 g/mol. The van der Waals surface area contributed by atoms with Crippen molar-refractivity contribution < 1.29 is 4.79 Å². The Hall–Kier alpha value is -2.94. The third-order valence-corrected chi connectivity index (χ3v) is 4.68. The fourth-order valence-electron chi connectivity index (χ4n) is 3.09. The van der Waals surface area contributed by atoms with Crippen molar-refractivity contribution in [1.82, 2.24) is 9.97 Å². The van der Waals surface area contributed by atoms with Crippen LogP contribution in [-0.2, 0) is 11.3 Å². The van der Waals surface area contributed by atoms with Gasteiger partial charge in [0.2, 0.25) is 11.9 Å². The van der Waals surface area contributed by atoms with Crippen molar-refractivity contribution in [3.63, 3.8) is 0 Å². The van der Waals surface area contributed by atoms with Gasteiger partial charge in [-0.15, -0.1) is 0 Å². The lowest BCUT2D eigenvalue weighted by molar-refractivity contribution is -0.123. The molecule has 25 heavy (non-hydrogen) atoms. The van der Waals surface area contributed by atoms with Crippen LogP contribution in [0.2, 0.25) is 0 Å². The number of anilines is 2. The fourth-order valence-corrected chi connectivity index (χ4v) is 3.09. The lowest BCUT2D eigenvalue weighted by Crippen LogP contribution is -2.33. The van der Waals surface area contributed by atoms with E-state index in [4.69, 9.17) is 0 Å². The van der Waals surface area contributed by atoms with E-state index < -0.39 is 5.41 Å². The van der Waals surface area contributed by atoms with Crippen molar-refractivity contribution in [2.24, 2.45) is 5.41 Å². The molecule has 128 valence electrons. The molecule has 0 radical (unpaired) electrons. The number of nitriles is 1. The van der Waals surface area contributed by atoms with E-state index in [9.17, 15) is 10.1 Å². The molecule has 1 amide bonds. The Morgan fingerprint density at radius 3 is 2.92 bits per heavy atom. The highest BCUT2D eigenvalue weighted by Crippen LogP contribution is 2.36. The van der Waals surface area contributed by atoms with Crippen LogP contribution < -0.4 is 10.2 Å². The molecule has 3 rings (SSSR count). The quantitative estimate of drug-likeness (QED) is 0.908. The fraction of sp³-hybridized carbons (Fsp3) is 0.368. The van der Waals surface area contributed by atoms with Gasteiger partial charge in [0.05, 0.1) is 6.07 Å². The van der Waals surface area contributed by atoms with Crippen molar-refractivity contribution in [3.8, 4) is 6.07 Å². The Morgan fingerprint density at radius 1 is 1.40 bits per heavy atom. The van der Waals surface area contributed by atoms with Crippen molar-refractivity contribution in [2.75, 3.05) is 16.8 Å². The summed E-state index contributed by atoms with van der Waals surface area (Å²) in [5.74, 6) is 0.843. The van der Waals surface area contributed by atoms with Gasteiger partial charge in [-0.2, -0.15) is 10.2 Å². The minimum atomic E-state index is -0.917. The zero-order chi connectivity index (χ0) is 17.9. The molecule has 1 aromatic heterocycles. The minimum absolute atomic E-state index is 0.166. The Morgan fingerprint density at radius 2 is 2.24 bits per heavy atom. The van der Waals surface area contributed by atoms with Gasteiger partial charge in [0.15, 0.2) is 0 Å². The first-order chi connectivity index (χ1) is 12.1.